The predicted octanol–water partition coefficient (Wildman–Crippen LogP) is 4.34. The van der Waals surface area contributed by atoms with Crippen molar-refractivity contribution in [1.29, 1.82) is 0 Å². The standard InChI is InChI=1S/C21H25NO2S/c1-17-8-12-21(13-9-17)25(23,24)22-15-14-18(2)16-20(22)11-10-19-6-4-3-5-7-19/h3-9,12-14,20H,10-11,15-16H2,1-2H3. The van der Waals surface area contributed by atoms with Crippen LogP contribution in [0, 0.1) is 6.92 Å². The third-order valence-corrected chi connectivity index (χ3v) is 6.75. The molecule has 0 saturated heterocycles. The third kappa shape index (κ3) is 4.20. The zero-order valence-electron chi connectivity index (χ0n) is 14.9. The molecule has 0 bridgehead atoms. The fourth-order valence-corrected chi connectivity index (χ4v) is 4.91. The summed E-state index contributed by atoms with van der Waals surface area (Å²) in [6.45, 7) is 4.51. The number of hydrogen-bond acceptors (Lipinski definition) is 2. The van der Waals surface area contributed by atoms with E-state index in [1.807, 2.05) is 43.3 Å². The molecule has 0 amide bonds. The molecule has 1 aliphatic heterocycles. The molecule has 132 valence electrons. The van der Waals surface area contributed by atoms with E-state index in [-0.39, 0.29) is 6.04 Å². The lowest BCUT2D eigenvalue weighted by Gasteiger charge is -2.34. The highest BCUT2D eigenvalue weighted by Gasteiger charge is 2.32. The van der Waals surface area contributed by atoms with Gasteiger partial charge in [-0.05, 0) is 50.8 Å². The first kappa shape index (κ1) is 17.9. The van der Waals surface area contributed by atoms with Crippen LogP contribution in [0.4, 0.5) is 0 Å². The largest absolute Gasteiger partial charge is 0.243 e. The molecule has 0 fully saturated rings. The smallest absolute Gasteiger partial charge is 0.207 e. The van der Waals surface area contributed by atoms with Crippen molar-refractivity contribution in [3.8, 4) is 0 Å². The molecule has 0 spiro atoms. The Kier molecular flexibility index (Phi) is 5.40. The van der Waals surface area contributed by atoms with E-state index in [0.29, 0.717) is 11.4 Å². The molecule has 0 aliphatic carbocycles. The van der Waals surface area contributed by atoms with E-state index in [9.17, 15) is 8.42 Å². The van der Waals surface area contributed by atoms with Crippen LogP contribution in [-0.4, -0.2) is 25.3 Å². The van der Waals surface area contributed by atoms with Gasteiger partial charge in [0.05, 0.1) is 4.90 Å². The first-order valence-electron chi connectivity index (χ1n) is 8.75. The summed E-state index contributed by atoms with van der Waals surface area (Å²) in [5.41, 5.74) is 3.59. The molecule has 1 aliphatic rings. The lowest BCUT2D eigenvalue weighted by atomic mass is 9.97. The van der Waals surface area contributed by atoms with Crippen molar-refractivity contribution in [3.63, 3.8) is 0 Å². The molecule has 3 rings (SSSR count). The van der Waals surface area contributed by atoms with Crippen LogP contribution in [0.15, 0.2) is 71.1 Å². The lowest BCUT2D eigenvalue weighted by molar-refractivity contribution is 0.310. The van der Waals surface area contributed by atoms with Crippen molar-refractivity contribution in [2.75, 3.05) is 6.54 Å². The monoisotopic (exact) mass is 355 g/mol. The van der Waals surface area contributed by atoms with Crippen molar-refractivity contribution in [3.05, 3.63) is 77.4 Å². The summed E-state index contributed by atoms with van der Waals surface area (Å²) in [7, 11) is -3.47. The van der Waals surface area contributed by atoms with Gasteiger partial charge in [-0.1, -0.05) is 59.7 Å². The Labute approximate surface area is 151 Å². The quantitative estimate of drug-likeness (QED) is 0.748. The van der Waals surface area contributed by atoms with Crippen molar-refractivity contribution in [1.82, 2.24) is 4.31 Å². The average molecular weight is 356 g/mol. The van der Waals surface area contributed by atoms with Crippen LogP contribution in [-0.2, 0) is 16.4 Å². The number of rotatable bonds is 5. The fraction of sp³-hybridized carbons (Fsp3) is 0.333. The van der Waals surface area contributed by atoms with Gasteiger partial charge in [0.15, 0.2) is 0 Å². The van der Waals surface area contributed by atoms with E-state index in [0.717, 1.165) is 24.8 Å². The summed E-state index contributed by atoms with van der Waals surface area (Å²) in [6.07, 6.45) is 4.56. The zero-order valence-corrected chi connectivity index (χ0v) is 15.7. The van der Waals surface area contributed by atoms with E-state index < -0.39 is 10.0 Å². The molecule has 1 heterocycles. The van der Waals surface area contributed by atoms with Crippen LogP contribution >= 0.6 is 0 Å². The molecule has 0 N–H and O–H groups in total. The van der Waals surface area contributed by atoms with Gasteiger partial charge in [0.2, 0.25) is 10.0 Å². The Morgan fingerprint density at radius 1 is 1.00 bits per heavy atom. The van der Waals surface area contributed by atoms with Gasteiger partial charge in [-0.15, -0.1) is 0 Å². The number of nitrogens with zero attached hydrogens (tertiary/aromatic N) is 1. The maximum absolute atomic E-state index is 13.1. The lowest BCUT2D eigenvalue weighted by Crippen LogP contribution is -2.43. The minimum Gasteiger partial charge on any atom is -0.207 e. The summed E-state index contributed by atoms with van der Waals surface area (Å²) in [6, 6.07) is 17.4. The summed E-state index contributed by atoms with van der Waals surface area (Å²) < 4.78 is 27.9. The summed E-state index contributed by atoms with van der Waals surface area (Å²) >= 11 is 0. The first-order valence-corrected chi connectivity index (χ1v) is 10.2. The first-order chi connectivity index (χ1) is 12.0. The molecule has 25 heavy (non-hydrogen) atoms. The van der Waals surface area contributed by atoms with Crippen molar-refractivity contribution >= 4 is 10.0 Å². The highest BCUT2D eigenvalue weighted by molar-refractivity contribution is 7.89. The zero-order chi connectivity index (χ0) is 17.9. The van der Waals surface area contributed by atoms with Gasteiger partial charge in [-0.2, -0.15) is 4.31 Å². The SMILES string of the molecule is CC1=CCN(S(=O)(=O)c2ccc(C)cc2)C(CCc2ccccc2)C1. The predicted molar refractivity (Wildman–Crippen MR) is 102 cm³/mol. The Bertz CT molecular complexity index is 839. The molecule has 3 nitrogen and oxygen atoms in total. The van der Waals surface area contributed by atoms with Crippen LogP contribution in [0.2, 0.25) is 0 Å². The van der Waals surface area contributed by atoms with Crippen LogP contribution < -0.4 is 0 Å². The Morgan fingerprint density at radius 3 is 2.36 bits per heavy atom. The van der Waals surface area contributed by atoms with Gasteiger partial charge in [-0.25, -0.2) is 8.42 Å². The van der Waals surface area contributed by atoms with Crippen LogP contribution in [0.25, 0.3) is 0 Å². The summed E-state index contributed by atoms with van der Waals surface area (Å²) in [4.78, 5) is 0.385. The summed E-state index contributed by atoms with van der Waals surface area (Å²) in [5.74, 6) is 0. The molecule has 1 unspecified atom stereocenters. The van der Waals surface area contributed by atoms with Crippen LogP contribution in [0.1, 0.15) is 30.9 Å². The number of hydrogen-bond donors (Lipinski definition) is 0. The molecule has 0 radical (unpaired) electrons. The topological polar surface area (TPSA) is 37.4 Å². The second-order valence-electron chi connectivity index (χ2n) is 6.82. The van der Waals surface area contributed by atoms with Crippen molar-refractivity contribution in [2.45, 2.75) is 44.0 Å². The Balaban J connectivity index is 1.82. The van der Waals surface area contributed by atoms with E-state index in [1.165, 1.54) is 11.1 Å². The molecular weight excluding hydrogens is 330 g/mol. The van der Waals surface area contributed by atoms with Gasteiger partial charge >= 0.3 is 0 Å². The summed E-state index contributed by atoms with van der Waals surface area (Å²) in [5, 5.41) is 0. The molecular formula is C21H25NO2S. The van der Waals surface area contributed by atoms with Gasteiger partial charge in [0.25, 0.3) is 0 Å². The van der Waals surface area contributed by atoms with Crippen molar-refractivity contribution in [2.24, 2.45) is 0 Å². The molecule has 2 aromatic rings. The maximum Gasteiger partial charge on any atom is 0.243 e. The van der Waals surface area contributed by atoms with Crippen LogP contribution in [0.5, 0.6) is 0 Å². The molecule has 2 aromatic carbocycles. The molecule has 0 aromatic heterocycles. The number of aryl methyl sites for hydroxylation is 2. The van der Waals surface area contributed by atoms with E-state index in [1.54, 1.807) is 16.4 Å². The second-order valence-corrected chi connectivity index (χ2v) is 8.71. The third-order valence-electron chi connectivity index (χ3n) is 4.82. The fourth-order valence-electron chi connectivity index (χ4n) is 3.32. The normalized spacial score (nSPS) is 18.8. The minimum absolute atomic E-state index is 0.0107. The minimum atomic E-state index is -3.47. The maximum atomic E-state index is 13.1. The molecule has 1 atom stereocenters. The van der Waals surface area contributed by atoms with E-state index in [4.69, 9.17) is 0 Å². The molecule has 4 heteroatoms. The number of benzene rings is 2. The average Bonchev–Trinajstić information content (AvgIpc) is 2.61. The van der Waals surface area contributed by atoms with Gasteiger partial charge in [0, 0.05) is 12.6 Å². The Hall–Kier alpha value is -1.91. The highest BCUT2D eigenvalue weighted by atomic mass is 32.2. The van der Waals surface area contributed by atoms with E-state index in [2.05, 4.69) is 19.1 Å². The van der Waals surface area contributed by atoms with Gasteiger partial charge in [-0.3, -0.25) is 0 Å². The number of sulfonamides is 1. The van der Waals surface area contributed by atoms with Crippen LogP contribution in [0.3, 0.4) is 0 Å². The highest BCUT2D eigenvalue weighted by Crippen LogP contribution is 2.28. The van der Waals surface area contributed by atoms with Gasteiger partial charge < -0.3 is 0 Å². The van der Waals surface area contributed by atoms with E-state index >= 15 is 0 Å². The van der Waals surface area contributed by atoms with Crippen molar-refractivity contribution < 1.29 is 8.42 Å². The molecule has 0 saturated carbocycles. The second kappa shape index (κ2) is 7.54. The van der Waals surface area contributed by atoms with Gasteiger partial charge in [0.1, 0.15) is 0 Å². The Morgan fingerprint density at radius 2 is 1.68 bits per heavy atom.